The minimum absolute atomic E-state index is 0.327. The maximum Gasteiger partial charge on any atom is 0.167 e. The average molecular weight is 299 g/mol. The van der Waals surface area contributed by atoms with Crippen molar-refractivity contribution in [3.8, 4) is 5.75 Å². The highest BCUT2D eigenvalue weighted by Gasteiger charge is 2.09. The predicted molar refractivity (Wildman–Crippen MR) is 86.1 cm³/mol. The van der Waals surface area contributed by atoms with Gasteiger partial charge < -0.3 is 10.5 Å². The summed E-state index contributed by atoms with van der Waals surface area (Å²) < 4.78 is 19.3. The van der Waals surface area contributed by atoms with Crippen molar-refractivity contribution in [2.75, 3.05) is 18.1 Å². The number of thioether (sulfide) groups is 1. The highest BCUT2D eigenvalue weighted by atomic mass is 32.2. The van der Waals surface area contributed by atoms with Crippen LogP contribution in [0.4, 0.5) is 10.1 Å². The van der Waals surface area contributed by atoms with E-state index in [0.29, 0.717) is 18.0 Å². The number of nitrogens with two attached hydrogens (primary N) is 1. The van der Waals surface area contributed by atoms with Crippen LogP contribution in [0.2, 0.25) is 0 Å². The first-order valence-electron chi connectivity index (χ1n) is 7.53. The highest BCUT2D eigenvalue weighted by molar-refractivity contribution is 7.99. The maximum absolute atomic E-state index is 13.8. The molecule has 0 amide bonds. The fourth-order valence-corrected chi connectivity index (χ4v) is 2.73. The van der Waals surface area contributed by atoms with Crippen LogP contribution >= 0.6 is 11.8 Å². The summed E-state index contributed by atoms with van der Waals surface area (Å²) in [7, 11) is 0. The molecule has 114 valence electrons. The van der Waals surface area contributed by atoms with Crippen LogP contribution in [0.1, 0.15) is 52.4 Å². The summed E-state index contributed by atoms with van der Waals surface area (Å²) in [4.78, 5) is 0.911. The number of anilines is 1. The summed E-state index contributed by atoms with van der Waals surface area (Å²) in [6, 6.07) is 3.10. The van der Waals surface area contributed by atoms with Crippen molar-refractivity contribution < 1.29 is 9.13 Å². The molecule has 0 aliphatic rings. The van der Waals surface area contributed by atoms with Gasteiger partial charge in [0.1, 0.15) is 0 Å². The van der Waals surface area contributed by atoms with E-state index in [1.54, 1.807) is 17.8 Å². The Bertz CT molecular complexity index is 398. The van der Waals surface area contributed by atoms with E-state index in [4.69, 9.17) is 10.5 Å². The van der Waals surface area contributed by atoms with Crippen molar-refractivity contribution in [3.63, 3.8) is 0 Å². The van der Waals surface area contributed by atoms with Crippen LogP contribution in [-0.2, 0) is 0 Å². The first kappa shape index (κ1) is 17.2. The SMILES string of the molecule is CCCCCCCOc1cc(SCCC)c(N)cc1F. The zero-order valence-electron chi connectivity index (χ0n) is 12.6. The molecule has 0 bridgehead atoms. The number of hydrogen-bond acceptors (Lipinski definition) is 3. The number of benzene rings is 1. The van der Waals surface area contributed by atoms with Crippen molar-refractivity contribution in [1.82, 2.24) is 0 Å². The molecule has 2 nitrogen and oxygen atoms in total. The second kappa shape index (κ2) is 9.92. The average Bonchev–Trinajstić information content (AvgIpc) is 2.43. The van der Waals surface area contributed by atoms with Crippen LogP contribution in [0.15, 0.2) is 17.0 Å². The van der Waals surface area contributed by atoms with E-state index in [-0.39, 0.29) is 5.82 Å². The van der Waals surface area contributed by atoms with E-state index in [1.807, 2.05) is 0 Å². The van der Waals surface area contributed by atoms with Gasteiger partial charge >= 0.3 is 0 Å². The fraction of sp³-hybridized carbons (Fsp3) is 0.625. The molecule has 0 spiro atoms. The number of nitrogen functional groups attached to an aromatic ring is 1. The van der Waals surface area contributed by atoms with Gasteiger partial charge in [0.05, 0.1) is 6.61 Å². The Morgan fingerprint density at radius 3 is 2.55 bits per heavy atom. The predicted octanol–water partition coefficient (Wildman–Crippen LogP) is 5.26. The highest BCUT2D eigenvalue weighted by Crippen LogP contribution is 2.32. The second-order valence-electron chi connectivity index (χ2n) is 4.93. The third-order valence-electron chi connectivity index (χ3n) is 3.03. The lowest BCUT2D eigenvalue weighted by Gasteiger charge is -2.11. The summed E-state index contributed by atoms with van der Waals surface area (Å²) in [5.74, 6) is 0.942. The topological polar surface area (TPSA) is 35.2 Å². The van der Waals surface area contributed by atoms with Gasteiger partial charge in [-0.25, -0.2) is 4.39 Å². The molecule has 0 fully saturated rings. The number of ether oxygens (including phenoxy) is 1. The molecule has 0 aromatic heterocycles. The van der Waals surface area contributed by atoms with E-state index in [1.165, 1.54) is 25.3 Å². The quantitative estimate of drug-likeness (QED) is 0.363. The molecule has 0 heterocycles. The largest absolute Gasteiger partial charge is 0.490 e. The van der Waals surface area contributed by atoms with Crippen LogP contribution in [-0.4, -0.2) is 12.4 Å². The van der Waals surface area contributed by atoms with Gasteiger partial charge in [-0.15, -0.1) is 11.8 Å². The van der Waals surface area contributed by atoms with Crippen molar-refractivity contribution in [2.45, 2.75) is 57.3 Å². The monoisotopic (exact) mass is 299 g/mol. The van der Waals surface area contributed by atoms with Gasteiger partial charge in [-0.1, -0.05) is 39.5 Å². The Kier molecular flexibility index (Phi) is 8.51. The normalized spacial score (nSPS) is 10.8. The van der Waals surface area contributed by atoms with E-state index < -0.39 is 0 Å². The first-order valence-corrected chi connectivity index (χ1v) is 8.52. The molecule has 0 aliphatic carbocycles. The molecule has 1 aromatic rings. The fourth-order valence-electron chi connectivity index (χ4n) is 1.89. The van der Waals surface area contributed by atoms with E-state index in [2.05, 4.69) is 13.8 Å². The zero-order chi connectivity index (χ0) is 14.8. The van der Waals surface area contributed by atoms with Gasteiger partial charge in [0.25, 0.3) is 0 Å². The lowest BCUT2D eigenvalue weighted by molar-refractivity contribution is 0.289. The Hall–Kier alpha value is -0.900. The molecule has 0 atom stereocenters. The molecule has 0 unspecified atom stereocenters. The minimum Gasteiger partial charge on any atom is -0.490 e. The van der Waals surface area contributed by atoms with Gasteiger partial charge in [0.2, 0.25) is 0 Å². The summed E-state index contributed by atoms with van der Waals surface area (Å²) in [6.07, 6.45) is 6.89. The van der Waals surface area contributed by atoms with Crippen LogP contribution in [0.3, 0.4) is 0 Å². The molecule has 4 heteroatoms. The molecule has 0 radical (unpaired) electrons. The molecule has 0 saturated heterocycles. The summed E-state index contributed by atoms with van der Waals surface area (Å²) in [6.45, 7) is 4.87. The van der Waals surface area contributed by atoms with Gasteiger partial charge in [0.15, 0.2) is 11.6 Å². The molecule has 1 aromatic carbocycles. The van der Waals surface area contributed by atoms with Crippen molar-refractivity contribution in [1.29, 1.82) is 0 Å². The smallest absolute Gasteiger partial charge is 0.167 e. The van der Waals surface area contributed by atoms with Crippen LogP contribution in [0, 0.1) is 5.82 Å². The minimum atomic E-state index is -0.364. The molecule has 0 aliphatic heterocycles. The summed E-state index contributed by atoms with van der Waals surface area (Å²) in [5, 5.41) is 0. The van der Waals surface area contributed by atoms with Crippen molar-refractivity contribution >= 4 is 17.4 Å². The van der Waals surface area contributed by atoms with E-state index >= 15 is 0 Å². The third-order valence-corrected chi connectivity index (χ3v) is 4.31. The Balaban J connectivity index is 2.47. The molecule has 0 saturated carbocycles. The van der Waals surface area contributed by atoms with Crippen LogP contribution < -0.4 is 10.5 Å². The Labute approximate surface area is 126 Å². The van der Waals surface area contributed by atoms with Crippen molar-refractivity contribution in [3.05, 3.63) is 17.9 Å². The number of halogens is 1. The number of hydrogen-bond donors (Lipinski definition) is 1. The zero-order valence-corrected chi connectivity index (χ0v) is 13.4. The summed E-state index contributed by atoms with van der Waals surface area (Å²) in [5.41, 5.74) is 6.32. The standard InChI is InChI=1S/C16H26FNOS/c1-3-5-6-7-8-9-19-15-12-16(20-10-4-2)14(18)11-13(15)17/h11-12H,3-10,18H2,1-2H3. The van der Waals surface area contributed by atoms with Gasteiger partial charge in [-0.2, -0.15) is 0 Å². The Morgan fingerprint density at radius 2 is 1.85 bits per heavy atom. The molecular formula is C16H26FNOS. The van der Waals surface area contributed by atoms with Gasteiger partial charge in [-0.05, 0) is 24.7 Å². The maximum atomic E-state index is 13.8. The first-order chi connectivity index (χ1) is 9.69. The number of unbranched alkanes of at least 4 members (excludes halogenated alkanes) is 4. The lowest BCUT2D eigenvalue weighted by atomic mass is 10.2. The van der Waals surface area contributed by atoms with Crippen LogP contribution in [0.5, 0.6) is 5.75 Å². The Morgan fingerprint density at radius 1 is 1.10 bits per heavy atom. The molecule has 2 N–H and O–H groups in total. The second-order valence-corrected chi connectivity index (χ2v) is 6.07. The molecular weight excluding hydrogens is 273 g/mol. The summed E-state index contributed by atoms with van der Waals surface area (Å²) >= 11 is 1.65. The molecule has 1 rings (SSSR count). The van der Waals surface area contributed by atoms with E-state index in [0.717, 1.165) is 29.9 Å². The lowest BCUT2D eigenvalue weighted by Crippen LogP contribution is -2.01. The van der Waals surface area contributed by atoms with Crippen LogP contribution in [0.25, 0.3) is 0 Å². The van der Waals surface area contributed by atoms with Crippen molar-refractivity contribution in [2.24, 2.45) is 0 Å². The number of rotatable bonds is 10. The third kappa shape index (κ3) is 6.04. The van der Waals surface area contributed by atoms with Gasteiger partial charge in [0, 0.05) is 16.6 Å². The molecule has 20 heavy (non-hydrogen) atoms. The van der Waals surface area contributed by atoms with Gasteiger partial charge in [-0.3, -0.25) is 0 Å². The van der Waals surface area contributed by atoms with E-state index in [9.17, 15) is 4.39 Å².